The van der Waals surface area contributed by atoms with Crippen LogP contribution in [0.25, 0.3) is 0 Å². The summed E-state index contributed by atoms with van der Waals surface area (Å²) in [6.45, 7) is 0. The summed E-state index contributed by atoms with van der Waals surface area (Å²) in [5.41, 5.74) is -0.283. The van der Waals surface area contributed by atoms with Crippen LogP contribution >= 0.6 is 0 Å². The zero-order chi connectivity index (χ0) is 14.4. The number of nitro benzene ring substituents is 1. The Morgan fingerprint density at radius 1 is 1.42 bits per heavy atom. The first-order valence-corrected chi connectivity index (χ1v) is 5.29. The minimum Gasteiger partial charge on any atom is -0.423 e. The summed E-state index contributed by atoms with van der Waals surface area (Å²) in [6, 6.07) is 2.44. The van der Waals surface area contributed by atoms with Crippen molar-refractivity contribution in [3.8, 4) is 0 Å². The molecule has 100 valence electrons. The quantitative estimate of drug-likeness (QED) is 0.245. The van der Waals surface area contributed by atoms with Crippen LogP contribution in [0.3, 0.4) is 0 Å². The van der Waals surface area contributed by atoms with E-state index in [4.69, 9.17) is 10.0 Å². The minimum atomic E-state index is -1.85. The van der Waals surface area contributed by atoms with E-state index in [-0.39, 0.29) is 23.3 Å². The molecule has 0 aromatic heterocycles. The fraction of sp³-hybridized carbons (Fsp3) is 0.200. The number of hydrogen-bond acceptors (Lipinski definition) is 7. The number of nitrogens with zero attached hydrogens (tertiary/aromatic N) is 1. The van der Waals surface area contributed by atoms with Crippen molar-refractivity contribution < 1.29 is 24.6 Å². The highest BCUT2D eigenvalue weighted by Crippen LogP contribution is 2.16. The van der Waals surface area contributed by atoms with Crippen molar-refractivity contribution >= 4 is 36.5 Å². The van der Waals surface area contributed by atoms with E-state index in [2.05, 4.69) is 5.32 Å². The number of nitro groups is 1. The number of rotatable bonds is 7. The standard InChI is InChI=1S/C10H11BN2O6/c14-4-3-7(6-15)12-10-5-8(13(18)19)1-2-9(10)11(16)17/h1-2,4-7,12,16-17H,3H2. The Bertz CT molecular complexity index is 493. The Labute approximate surface area is 108 Å². The molecule has 0 heterocycles. The molecule has 3 N–H and O–H groups in total. The molecule has 9 heteroatoms. The summed E-state index contributed by atoms with van der Waals surface area (Å²) in [7, 11) is -1.85. The SMILES string of the molecule is O=CCC(C=O)Nc1cc([N+](=O)[O-])ccc1B(O)O. The monoisotopic (exact) mass is 266 g/mol. The van der Waals surface area contributed by atoms with Crippen LogP contribution in [0.5, 0.6) is 0 Å². The van der Waals surface area contributed by atoms with E-state index >= 15 is 0 Å². The molecule has 1 atom stereocenters. The van der Waals surface area contributed by atoms with Gasteiger partial charge < -0.3 is 25.0 Å². The lowest BCUT2D eigenvalue weighted by atomic mass is 9.78. The normalized spacial score (nSPS) is 11.5. The number of benzene rings is 1. The molecular formula is C10H11BN2O6. The fourth-order valence-corrected chi connectivity index (χ4v) is 1.46. The van der Waals surface area contributed by atoms with Crippen molar-refractivity contribution in [3.05, 3.63) is 28.3 Å². The molecule has 0 fully saturated rings. The highest BCUT2D eigenvalue weighted by Gasteiger charge is 2.21. The predicted octanol–water partition coefficient (Wildman–Crippen LogP) is -1.16. The van der Waals surface area contributed by atoms with Gasteiger partial charge in [0.1, 0.15) is 12.6 Å². The van der Waals surface area contributed by atoms with Crippen LogP contribution in [0.15, 0.2) is 18.2 Å². The van der Waals surface area contributed by atoms with Crippen LogP contribution in [-0.2, 0) is 9.59 Å². The topological polar surface area (TPSA) is 130 Å². The second-order valence-corrected chi connectivity index (χ2v) is 3.69. The Morgan fingerprint density at radius 3 is 2.58 bits per heavy atom. The van der Waals surface area contributed by atoms with Gasteiger partial charge in [-0.3, -0.25) is 10.1 Å². The molecule has 1 aromatic carbocycles. The van der Waals surface area contributed by atoms with Gasteiger partial charge in [0, 0.05) is 29.7 Å². The zero-order valence-corrected chi connectivity index (χ0v) is 9.72. The molecule has 1 rings (SSSR count). The second kappa shape index (κ2) is 6.62. The number of anilines is 1. The van der Waals surface area contributed by atoms with E-state index < -0.39 is 18.1 Å². The van der Waals surface area contributed by atoms with Crippen molar-refractivity contribution in [2.24, 2.45) is 0 Å². The van der Waals surface area contributed by atoms with Crippen LogP contribution in [0.1, 0.15) is 6.42 Å². The van der Waals surface area contributed by atoms with Gasteiger partial charge in [-0.05, 0) is 0 Å². The average molecular weight is 266 g/mol. The highest BCUT2D eigenvalue weighted by atomic mass is 16.6. The molecule has 0 bridgehead atoms. The Hall–Kier alpha value is -2.26. The Morgan fingerprint density at radius 2 is 2.11 bits per heavy atom. The van der Waals surface area contributed by atoms with Crippen LogP contribution in [0.4, 0.5) is 11.4 Å². The molecule has 19 heavy (non-hydrogen) atoms. The molecule has 0 radical (unpaired) electrons. The van der Waals surface area contributed by atoms with Crippen LogP contribution in [0.2, 0.25) is 0 Å². The fourth-order valence-electron chi connectivity index (χ4n) is 1.46. The maximum absolute atomic E-state index is 10.7. The maximum Gasteiger partial charge on any atom is 0.490 e. The van der Waals surface area contributed by atoms with E-state index in [1.807, 2.05) is 0 Å². The third-order valence-corrected chi connectivity index (χ3v) is 2.38. The predicted molar refractivity (Wildman–Crippen MR) is 67.1 cm³/mol. The molecule has 8 nitrogen and oxygen atoms in total. The smallest absolute Gasteiger partial charge is 0.423 e. The largest absolute Gasteiger partial charge is 0.490 e. The molecule has 0 aliphatic carbocycles. The molecule has 0 amide bonds. The average Bonchev–Trinajstić information content (AvgIpc) is 2.37. The van der Waals surface area contributed by atoms with Gasteiger partial charge in [-0.2, -0.15) is 0 Å². The number of aldehydes is 2. The van der Waals surface area contributed by atoms with E-state index in [1.165, 1.54) is 0 Å². The number of carbonyl (C=O) groups is 2. The summed E-state index contributed by atoms with van der Waals surface area (Å²) in [4.78, 5) is 31.1. The van der Waals surface area contributed by atoms with E-state index in [0.29, 0.717) is 12.6 Å². The first kappa shape index (κ1) is 14.8. The van der Waals surface area contributed by atoms with Crippen molar-refractivity contribution in [1.29, 1.82) is 0 Å². The lowest BCUT2D eigenvalue weighted by Gasteiger charge is -2.15. The van der Waals surface area contributed by atoms with Gasteiger partial charge in [0.05, 0.1) is 11.0 Å². The third-order valence-electron chi connectivity index (χ3n) is 2.38. The summed E-state index contributed by atoms with van der Waals surface area (Å²) >= 11 is 0. The molecule has 0 aliphatic heterocycles. The number of non-ortho nitro benzene ring substituents is 1. The van der Waals surface area contributed by atoms with Crippen LogP contribution < -0.4 is 10.8 Å². The van der Waals surface area contributed by atoms with Gasteiger partial charge in [0.2, 0.25) is 0 Å². The third kappa shape index (κ3) is 3.86. The van der Waals surface area contributed by atoms with Gasteiger partial charge in [0.15, 0.2) is 0 Å². The Balaban J connectivity index is 3.12. The molecule has 1 aromatic rings. The molecule has 0 spiro atoms. The summed E-state index contributed by atoms with van der Waals surface area (Å²) in [6.07, 6.45) is 0.840. The van der Waals surface area contributed by atoms with Gasteiger partial charge in [-0.15, -0.1) is 0 Å². The summed E-state index contributed by atoms with van der Waals surface area (Å²) in [5.74, 6) is 0. The van der Waals surface area contributed by atoms with Crippen molar-refractivity contribution in [1.82, 2.24) is 0 Å². The lowest BCUT2D eigenvalue weighted by molar-refractivity contribution is -0.384. The van der Waals surface area contributed by atoms with Crippen LogP contribution in [0, 0.1) is 10.1 Å². The van der Waals surface area contributed by atoms with Gasteiger partial charge >= 0.3 is 7.12 Å². The Kier molecular flexibility index (Phi) is 5.16. The molecular weight excluding hydrogens is 255 g/mol. The minimum absolute atomic E-state index is 0.0168. The van der Waals surface area contributed by atoms with Gasteiger partial charge in [0.25, 0.3) is 5.69 Å². The van der Waals surface area contributed by atoms with E-state index in [0.717, 1.165) is 18.2 Å². The number of hydrogen-bond donors (Lipinski definition) is 3. The van der Waals surface area contributed by atoms with Crippen molar-refractivity contribution in [2.45, 2.75) is 12.5 Å². The number of nitrogens with one attached hydrogen (secondary N) is 1. The summed E-state index contributed by atoms with van der Waals surface area (Å²) in [5, 5.41) is 31.5. The molecule has 0 aliphatic rings. The highest BCUT2D eigenvalue weighted by molar-refractivity contribution is 6.60. The number of carbonyl (C=O) groups excluding carboxylic acids is 2. The summed E-state index contributed by atoms with van der Waals surface area (Å²) < 4.78 is 0. The first-order valence-electron chi connectivity index (χ1n) is 5.29. The maximum atomic E-state index is 10.7. The van der Waals surface area contributed by atoms with Crippen LogP contribution in [-0.4, -0.2) is 40.7 Å². The molecule has 0 saturated carbocycles. The van der Waals surface area contributed by atoms with Crippen molar-refractivity contribution in [3.63, 3.8) is 0 Å². The molecule has 0 saturated heterocycles. The molecule has 1 unspecified atom stereocenters. The lowest BCUT2D eigenvalue weighted by Crippen LogP contribution is -2.35. The second-order valence-electron chi connectivity index (χ2n) is 3.69. The van der Waals surface area contributed by atoms with E-state index in [9.17, 15) is 19.7 Å². The zero-order valence-electron chi connectivity index (χ0n) is 9.72. The van der Waals surface area contributed by atoms with Gasteiger partial charge in [-0.25, -0.2) is 0 Å². The first-order chi connectivity index (χ1) is 8.99. The van der Waals surface area contributed by atoms with Crippen molar-refractivity contribution in [2.75, 3.05) is 5.32 Å². The van der Waals surface area contributed by atoms with Gasteiger partial charge in [-0.1, -0.05) is 6.07 Å². The van der Waals surface area contributed by atoms with E-state index in [1.54, 1.807) is 0 Å².